The number of hydrogen-bond acceptors (Lipinski definition) is 4. The van der Waals surface area contributed by atoms with Crippen molar-refractivity contribution in [1.29, 1.82) is 0 Å². The molecule has 1 unspecified atom stereocenters. The van der Waals surface area contributed by atoms with Gasteiger partial charge < -0.3 is 10.4 Å². The first kappa shape index (κ1) is 17.4. The predicted octanol–water partition coefficient (Wildman–Crippen LogP) is 3.42. The number of nitrogens with one attached hydrogen (secondary N) is 1. The number of anilines is 1. The minimum Gasteiger partial charge on any atom is -0.481 e. The van der Waals surface area contributed by atoms with Crippen molar-refractivity contribution in [3.63, 3.8) is 0 Å². The van der Waals surface area contributed by atoms with Gasteiger partial charge in [-0.25, -0.2) is 4.98 Å². The first-order chi connectivity index (χ1) is 9.70. The van der Waals surface area contributed by atoms with Crippen LogP contribution in [0.2, 0.25) is 0 Å². The van der Waals surface area contributed by atoms with Gasteiger partial charge >= 0.3 is 5.97 Å². The lowest BCUT2D eigenvalue weighted by Crippen LogP contribution is -2.24. The molecule has 1 rings (SSSR count). The predicted molar refractivity (Wildman–Crippen MR) is 84.4 cm³/mol. The molecule has 1 aromatic heterocycles. The summed E-state index contributed by atoms with van der Waals surface area (Å²) in [7, 11) is 0. The number of aliphatic carboxylic acids is 1. The molecule has 21 heavy (non-hydrogen) atoms. The summed E-state index contributed by atoms with van der Waals surface area (Å²) in [5, 5.41) is 12.2. The van der Waals surface area contributed by atoms with Gasteiger partial charge in [0.1, 0.15) is 5.82 Å². The fourth-order valence-corrected chi connectivity index (χ4v) is 2.38. The Balaban J connectivity index is 2.57. The number of aryl methyl sites for hydroxylation is 2. The quantitative estimate of drug-likeness (QED) is 0.805. The number of rotatable bonds is 7. The SMILES string of the molecule is Cc1cnc(C)c(NCCC(CCC(=O)O)C(C)(C)C)n1. The molecule has 0 aliphatic carbocycles. The molecular weight excluding hydrogens is 266 g/mol. The number of carbonyl (C=O) groups is 1. The van der Waals surface area contributed by atoms with Gasteiger partial charge in [-0.1, -0.05) is 20.8 Å². The molecular formula is C16H27N3O2. The van der Waals surface area contributed by atoms with Crippen molar-refractivity contribution in [2.75, 3.05) is 11.9 Å². The van der Waals surface area contributed by atoms with Crippen LogP contribution in [0.15, 0.2) is 6.20 Å². The van der Waals surface area contributed by atoms with E-state index in [-0.39, 0.29) is 11.8 Å². The van der Waals surface area contributed by atoms with Crippen molar-refractivity contribution in [3.8, 4) is 0 Å². The second kappa shape index (κ2) is 7.38. The maximum atomic E-state index is 10.8. The van der Waals surface area contributed by atoms with Crippen LogP contribution in [0.3, 0.4) is 0 Å². The summed E-state index contributed by atoms with van der Waals surface area (Å²) in [5.74, 6) is 0.456. The molecule has 0 aliphatic heterocycles. The van der Waals surface area contributed by atoms with E-state index in [0.29, 0.717) is 12.3 Å². The van der Waals surface area contributed by atoms with Crippen molar-refractivity contribution in [2.24, 2.45) is 11.3 Å². The van der Waals surface area contributed by atoms with Gasteiger partial charge in [0.05, 0.1) is 11.4 Å². The molecule has 0 radical (unpaired) electrons. The molecule has 0 saturated carbocycles. The van der Waals surface area contributed by atoms with Crippen LogP contribution in [-0.2, 0) is 4.79 Å². The first-order valence-electron chi connectivity index (χ1n) is 7.46. The van der Waals surface area contributed by atoms with Gasteiger partial charge in [0, 0.05) is 19.2 Å². The number of carboxylic acids is 1. The average molecular weight is 293 g/mol. The highest BCUT2D eigenvalue weighted by atomic mass is 16.4. The molecule has 1 heterocycles. The highest BCUT2D eigenvalue weighted by Crippen LogP contribution is 2.32. The summed E-state index contributed by atoms with van der Waals surface area (Å²) in [4.78, 5) is 19.5. The van der Waals surface area contributed by atoms with E-state index in [9.17, 15) is 4.79 Å². The Morgan fingerprint density at radius 3 is 2.57 bits per heavy atom. The maximum Gasteiger partial charge on any atom is 0.303 e. The summed E-state index contributed by atoms with van der Waals surface area (Å²) < 4.78 is 0. The maximum absolute atomic E-state index is 10.8. The van der Waals surface area contributed by atoms with Crippen molar-refractivity contribution in [2.45, 2.75) is 53.9 Å². The molecule has 1 atom stereocenters. The monoisotopic (exact) mass is 293 g/mol. The van der Waals surface area contributed by atoms with Gasteiger partial charge in [0.2, 0.25) is 0 Å². The second-order valence-electron chi connectivity index (χ2n) is 6.66. The zero-order chi connectivity index (χ0) is 16.0. The zero-order valence-corrected chi connectivity index (χ0v) is 13.7. The average Bonchev–Trinajstić information content (AvgIpc) is 2.35. The van der Waals surface area contributed by atoms with Crippen LogP contribution in [0.1, 0.15) is 51.4 Å². The topological polar surface area (TPSA) is 75.1 Å². The third kappa shape index (κ3) is 6.10. The Morgan fingerprint density at radius 1 is 1.33 bits per heavy atom. The Morgan fingerprint density at radius 2 is 2.00 bits per heavy atom. The van der Waals surface area contributed by atoms with E-state index in [4.69, 9.17) is 5.11 Å². The van der Waals surface area contributed by atoms with Gasteiger partial charge in [0.15, 0.2) is 0 Å². The summed E-state index contributed by atoms with van der Waals surface area (Å²) in [6, 6.07) is 0. The van der Waals surface area contributed by atoms with Crippen LogP contribution in [0, 0.1) is 25.2 Å². The van der Waals surface area contributed by atoms with Crippen molar-refractivity contribution < 1.29 is 9.90 Å². The number of carboxylic acid groups (broad SMARTS) is 1. The van der Waals surface area contributed by atoms with Crippen molar-refractivity contribution in [1.82, 2.24) is 9.97 Å². The van der Waals surface area contributed by atoms with E-state index in [0.717, 1.165) is 30.2 Å². The number of hydrogen-bond donors (Lipinski definition) is 2. The smallest absolute Gasteiger partial charge is 0.303 e. The van der Waals surface area contributed by atoms with E-state index >= 15 is 0 Å². The lowest BCUT2D eigenvalue weighted by molar-refractivity contribution is -0.137. The Labute approximate surface area is 127 Å². The normalized spacial score (nSPS) is 13.0. The highest BCUT2D eigenvalue weighted by Gasteiger charge is 2.24. The summed E-state index contributed by atoms with van der Waals surface area (Å²) in [5.41, 5.74) is 1.88. The zero-order valence-electron chi connectivity index (χ0n) is 13.7. The van der Waals surface area contributed by atoms with Crippen molar-refractivity contribution in [3.05, 3.63) is 17.6 Å². The van der Waals surface area contributed by atoms with Crippen molar-refractivity contribution >= 4 is 11.8 Å². The van der Waals surface area contributed by atoms with Crippen LogP contribution in [0.25, 0.3) is 0 Å². The molecule has 2 N–H and O–H groups in total. The first-order valence-corrected chi connectivity index (χ1v) is 7.46. The van der Waals surface area contributed by atoms with Crippen LogP contribution in [-0.4, -0.2) is 27.6 Å². The Bertz CT molecular complexity index is 481. The van der Waals surface area contributed by atoms with Crippen LogP contribution >= 0.6 is 0 Å². The van der Waals surface area contributed by atoms with Gasteiger partial charge in [-0.3, -0.25) is 9.78 Å². The third-order valence-corrected chi connectivity index (χ3v) is 3.79. The lowest BCUT2D eigenvalue weighted by atomic mass is 9.76. The fourth-order valence-electron chi connectivity index (χ4n) is 2.38. The number of nitrogens with zero attached hydrogens (tertiary/aromatic N) is 2. The van der Waals surface area contributed by atoms with E-state index in [1.165, 1.54) is 0 Å². The van der Waals surface area contributed by atoms with E-state index in [1.807, 2.05) is 13.8 Å². The molecule has 0 aliphatic rings. The van der Waals surface area contributed by atoms with Crippen LogP contribution in [0.5, 0.6) is 0 Å². The summed E-state index contributed by atoms with van der Waals surface area (Å²) >= 11 is 0. The lowest BCUT2D eigenvalue weighted by Gasteiger charge is -2.30. The molecule has 0 aromatic carbocycles. The van der Waals surface area contributed by atoms with Gasteiger partial charge in [0.25, 0.3) is 0 Å². The molecule has 0 amide bonds. The fraction of sp³-hybridized carbons (Fsp3) is 0.688. The largest absolute Gasteiger partial charge is 0.481 e. The van der Waals surface area contributed by atoms with Crippen LogP contribution in [0.4, 0.5) is 5.82 Å². The minimum atomic E-state index is -0.724. The molecule has 0 fully saturated rings. The number of aromatic nitrogens is 2. The second-order valence-corrected chi connectivity index (χ2v) is 6.66. The summed E-state index contributed by atoms with van der Waals surface area (Å²) in [6.45, 7) is 11.1. The van der Waals surface area contributed by atoms with Gasteiger partial charge in [-0.15, -0.1) is 0 Å². The van der Waals surface area contributed by atoms with Gasteiger partial charge in [-0.05, 0) is 38.0 Å². The van der Waals surface area contributed by atoms with E-state index in [1.54, 1.807) is 6.20 Å². The highest BCUT2D eigenvalue weighted by molar-refractivity contribution is 5.66. The standard InChI is InChI=1S/C16H27N3O2/c1-11-10-18-12(2)15(19-11)17-9-8-13(16(3,4)5)6-7-14(20)21/h10,13H,6-9H2,1-5H3,(H,17,19)(H,20,21). The molecule has 0 spiro atoms. The van der Waals surface area contributed by atoms with Gasteiger partial charge in [-0.2, -0.15) is 0 Å². The molecule has 0 saturated heterocycles. The van der Waals surface area contributed by atoms with Crippen LogP contribution < -0.4 is 5.32 Å². The molecule has 5 nitrogen and oxygen atoms in total. The Hall–Kier alpha value is -1.65. The minimum absolute atomic E-state index is 0.102. The Kier molecular flexibility index (Phi) is 6.12. The molecule has 118 valence electrons. The molecule has 0 bridgehead atoms. The van der Waals surface area contributed by atoms with E-state index in [2.05, 4.69) is 36.1 Å². The van der Waals surface area contributed by atoms with E-state index < -0.39 is 5.97 Å². The third-order valence-electron chi connectivity index (χ3n) is 3.79. The summed E-state index contributed by atoms with van der Waals surface area (Å²) in [6.07, 6.45) is 3.61. The molecule has 1 aromatic rings. The molecule has 5 heteroatoms.